The SMILES string of the molecule is C.C.CCCCc1ccc(N(c2ccc(C)cc2)c2ccc(C)cc2)cc1.Cc1cccc(N(c2ccccc2)c2ccc(N(c3ccc(N(c4ccccc4)c4cccc(C)c4)cc3)c3ccc(N(c4ccccc4)c4cccc(C)c4)cc3)cc2)c1.c1ccc2c(c1)c1ccccc1n2-c1ccc(N(c2ccc(-n3c4ccccc4c4ccccc43)cc2)c2ccc(-n3c4ccccc4c4ccccc43)cc2)cc1. The number of aryl methyl sites for hydroxylation is 6. The highest BCUT2D eigenvalue weighted by atomic mass is 15.2. The Morgan fingerprint density at radius 1 is 0.158 bits per heavy atom. The zero-order valence-corrected chi connectivity index (χ0v) is 81.9. The number of fused-ring (bicyclic) bond motifs is 9. The smallest absolute Gasteiger partial charge is 0.0541 e. The lowest BCUT2D eigenvalue weighted by Crippen LogP contribution is -2.14. The number of hydrogen-bond acceptors (Lipinski definition) is 6. The summed E-state index contributed by atoms with van der Waals surface area (Å²) in [5.41, 5.74) is 38.2. The molecule has 0 saturated heterocycles. The van der Waals surface area contributed by atoms with Crippen molar-refractivity contribution in [2.75, 3.05) is 29.4 Å². The first-order chi connectivity index (χ1) is 70.9. The summed E-state index contributed by atoms with van der Waals surface area (Å²) in [5, 5.41) is 7.56. The van der Waals surface area contributed by atoms with E-state index in [9.17, 15) is 0 Å². The van der Waals surface area contributed by atoms with Gasteiger partial charge in [0.2, 0.25) is 0 Å². The predicted molar refractivity (Wildman–Crippen MR) is 626 cm³/mol. The van der Waals surface area contributed by atoms with Gasteiger partial charge in [0.05, 0.1) is 33.1 Å². The first-order valence-corrected chi connectivity index (χ1v) is 49.9. The zero-order chi connectivity index (χ0) is 97.4. The molecule has 24 rings (SSSR count). The molecular formula is C137H119N9. The van der Waals surface area contributed by atoms with E-state index in [1.807, 2.05) is 0 Å². The van der Waals surface area contributed by atoms with Crippen molar-refractivity contribution in [3.63, 3.8) is 0 Å². The summed E-state index contributed by atoms with van der Waals surface area (Å²) in [6.45, 7) is 12.9. The van der Waals surface area contributed by atoms with Gasteiger partial charge in [-0.2, -0.15) is 0 Å². The maximum absolute atomic E-state index is 2.37. The van der Waals surface area contributed by atoms with E-state index >= 15 is 0 Å². The Bertz CT molecular complexity index is 7660. The van der Waals surface area contributed by atoms with Gasteiger partial charge < -0.3 is 43.1 Å². The molecule has 712 valence electrons. The number of nitrogens with zero attached hydrogens (tertiary/aromatic N) is 9. The monoisotopic (exact) mass is 1890 g/mol. The fourth-order valence-corrected chi connectivity index (χ4v) is 20.4. The van der Waals surface area contributed by atoms with Crippen LogP contribution in [0.2, 0.25) is 0 Å². The molecule has 0 aliphatic heterocycles. The van der Waals surface area contributed by atoms with Crippen molar-refractivity contribution in [1.29, 1.82) is 0 Å². The largest absolute Gasteiger partial charge is 0.311 e. The average molecular weight is 1890 g/mol. The first kappa shape index (κ1) is 95.4. The molecule has 0 radical (unpaired) electrons. The van der Waals surface area contributed by atoms with Gasteiger partial charge in [-0.1, -0.05) is 276 Å². The maximum atomic E-state index is 2.37. The lowest BCUT2D eigenvalue weighted by molar-refractivity contribution is 0.795. The van der Waals surface area contributed by atoms with Gasteiger partial charge in [0.15, 0.2) is 0 Å². The molecule has 0 aliphatic carbocycles. The highest BCUT2D eigenvalue weighted by Crippen LogP contribution is 2.47. The highest BCUT2D eigenvalue weighted by molar-refractivity contribution is 6.12. The van der Waals surface area contributed by atoms with Crippen LogP contribution in [0.5, 0.6) is 0 Å². The molecule has 146 heavy (non-hydrogen) atoms. The second kappa shape index (κ2) is 43.1. The van der Waals surface area contributed by atoms with Crippen LogP contribution in [0.15, 0.2) is 528 Å². The third kappa shape index (κ3) is 19.7. The van der Waals surface area contributed by atoms with Crippen LogP contribution in [0.1, 0.15) is 68.0 Å². The quantitative estimate of drug-likeness (QED) is 0.0600. The average Bonchev–Trinajstić information content (AvgIpc) is 1.59. The van der Waals surface area contributed by atoms with E-state index in [0.29, 0.717) is 0 Å². The van der Waals surface area contributed by atoms with Crippen molar-refractivity contribution < 1.29 is 0 Å². The van der Waals surface area contributed by atoms with E-state index in [4.69, 9.17) is 0 Å². The van der Waals surface area contributed by atoms with E-state index < -0.39 is 0 Å². The van der Waals surface area contributed by atoms with E-state index in [0.717, 1.165) is 109 Å². The minimum Gasteiger partial charge on any atom is -0.311 e. The third-order valence-corrected chi connectivity index (χ3v) is 27.4. The van der Waals surface area contributed by atoms with Crippen molar-refractivity contribution >= 4 is 168 Å². The van der Waals surface area contributed by atoms with Crippen LogP contribution in [0.25, 0.3) is 82.5 Å². The molecule has 0 atom stereocenters. The van der Waals surface area contributed by atoms with E-state index in [1.165, 1.54) is 129 Å². The fraction of sp³-hybridized carbons (Fsp3) is 0.0803. The molecule has 21 aromatic carbocycles. The van der Waals surface area contributed by atoms with Gasteiger partial charge in [0, 0.05) is 152 Å². The van der Waals surface area contributed by atoms with Crippen molar-refractivity contribution in [1.82, 2.24) is 13.7 Å². The summed E-state index contributed by atoms with van der Waals surface area (Å²) < 4.78 is 7.12. The molecule has 0 spiro atoms. The topological polar surface area (TPSA) is 34.2 Å². The van der Waals surface area contributed by atoms with E-state index in [-0.39, 0.29) is 14.9 Å². The molecule has 9 nitrogen and oxygen atoms in total. The molecule has 3 aromatic heterocycles. The Kier molecular flexibility index (Phi) is 28.2. The van der Waals surface area contributed by atoms with Gasteiger partial charge in [0.1, 0.15) is 0 Å². The van der Waals surface area contributed by atoms with Crippen LogP contribution < -0.4 is 29.4 Å². The molecular weight excluding hydrogens is 1770 g/mol. The Labute approximate surface area is 858 Å². The molecule has 24 aromatic rings. The molecule has 0 unspecified atom stereocenters. The predicted octanol–water partition coefficient (Wildman–Crippen LogP) is 39.3. The van der Waals surface area contributed by atoms with E-state index in [1.54, 1.807) is 0 Å². The Hall–Kier alpha value is -18.2. The van der Waals surface area contributed by atoms with Crippen LogP contribution >= 0.6 is 0 Å². The van der Waals surface area contributed by atoms with Crippen molar-refractivity contribution in [3.8, 4) is 17.1 Å². The Morgan fingerprint density at radius 3 is 0.541 bits per heavy atom. The van der Waals surface area contributed by atoms with Crippen LogP contribution in [0, 0.1) is 34.6 Å². The lowest BCUT2D eigenvalue weighted by Gasteiger charge is -2.30. The number of unbranched alkanes of at least 4 members (excludes halogenated alkanes) is 1. The van der Waals surface area contributed by atoms with Gasteiger partial charge in [-0.3, -0.25) is 0 Å². The Balaban J connectivity index is 0.000000143. The molecule has 0 N–H and O–H groups in total. The second-order valence-corrected chi connectivity index (χ2v) is 37.2. The molecule has 9 heteroatoms. The number of para-hydroxylation sites is 9. The summed E-state index contributed by atoms with van der Waals surface area (Å²) in [6.07, 6.45) is 3.64. The van der Waals surface area contributed by atoms with Crippen molar-refractivity contribution in [3.05, 3.63) is 561 Å². The zero-order valence-electron chi connectivity index (χ0n) is 81.9. The Morgan fingerprint density at radius 2 is 0.329 bits per heavy atom. The number of aromatic nitrogens is 3. The van der Waals surface area contributed by atoms with Crippen LogP contribution in [0.4, 0.5) is 102 Å². The van der Waals surface area contributed by atoms with Gasteiger partial charge >= 0.3 is 0 Å². The number of rotatable bonds is 24. The lowest BCUT2D eigenvalue weighted by atomic mass is 10.1. The summed E-state index contributed by atoms with van der Waals surface area (Å²) in [6, 6.07) is 190. The van der Waals surface area contributed by atoms with Gasteiger partial charge in [-0.25, -0.2) is 0 Å². The van der Waals surface area contributed by atoms with Crippen LogP contribution in [-0.4, -0.2) is 13.7 Å². The summed E-state index contributed by atoms with van der Waals surface area (Å²) >= 11 is 0. The molecule has 0 aliphatic rings. The number of benzene rings is 21. The van der Waals surface area contributed by atoms with Crippen LogP contribution in [-0.2, 0) is 6.42 Å². The van der Waals surface area contributed by atoms with Crippen molar-refractivity contribution in [2.24, 2.45) is 0 Å². The maximum Gasteiger partial charge on any atom is 0.0541 e. The summed E-state index contributed by atoms with van der Waals surface area (Å²) in [4.78, 5) is 14.0. The number of anilines is 18. The fourth-order valence-electron chi connectivity index (χ4n) is 20.4. The second-order valence-electron chi connectivity index (χ2n) is 37.2. The molecule has 0 fully saturated rings. The van der Waals surface area contributed by atoms with E-state index in [2.05, 4.69) is 612 Å². The minimum absolute atomic E-state index is 0. The standard InChI is InChI=1S/C57H48N4.C54H36N4.C24H27N.2CH4/c1-43-16-13-25-55(40-43)59(46-19-7-4-8-20-46)52-34-28-49(29-35-52)58(50-30-36-53(37-31-50)60(47-21-9-5-10-22-47)56-26-14-17-44(2)41-56)51-32-38-54(39-33-51)61(48-23-11-6-12-24-48)57-27-15-18-45(3)42-57;1-7-19-49-43(13-1)44-14-2-8-20-50(44)56(49)40-31-25-37(26-32-40)55(38-27-33-41(34-28-38)57-51-21-9-3-15-45(51)46-16-4-10-22-52(46)57)39-29-35-42(36-30-39)58-53-23-11-5-17-47(53)48-18-6-12-24-54(48)58;1-4-5-6-21-11-17-24(18-12-21)25(22-13-7-19(2)8-14-22)23-15-9-20(3)10-16-23;;/h4-42H,1-3H3;1-36H;7-18H,4-6H2,1-3H3;2*1H4. The molecule has 0 saturated carbocycles. The normalized spacial score (nSPS) is 11.1. The van der Waals surface area contributed by atoms with Crippen LogP contribution in [0.3, 0.4) is 0 Å². The van der Waals surface area contributed by atoms with Crippen molar-refractivity contribution in [2.45, 2.75) is 75.7 Å². The minimum atomic E-state index is 0. The number of hydrogen-bond donors (Lipinski definition) is 0. The molecule has 3 heterocycles. The van der Waals surface area contributed by atoms with Gasteiger partial charge in [-0.05, 0) is 361 Å². The van der Waals surface area contributed by atoms with Gasteiger partial charge in [-0.15, -0.1) is 0 Å². The van der Waals surface area contributed by atoms with Gasteiger partial charge in [0.25, 0.3) is 0 Å². The first-order valence-electron chi connectivity index (χ1n) is 49.9. The molecule has 0 bridgehead atoms. The highest BCUT2D eigenvalue weighted by Gasteiger charge is 2.25. The molecule has 0 amide bonds. The third-order valence-electron chi connectivity index (χ3n) is 27.4. The summed E-state index contributed by atoms with van der Waals surface area (Å²) in [5.74, 6) is 0. The summed E-state index contributed by atoms with van der Waals surface area (Å²) in [7, 11) is 0.